The van der Waals surface area contributed by atoms with E-state index in [2.05, 4.69) is 5.32 Å². The summed E-state index contributed by atoms with van der Waals surface area (Å²) in [6.07, 6.45) is -0.768. The number of halogens is 1. The van der Waals surface area contributed by atoms with Crippen LogP contribution in [0.1, 0.15) is 17.2 Å². The molecule has 0 aliphatic rings. The largest absolute Gasteiger partial charge is 0.489 e. The van der Waals surface area contributed by atoms with Gasteiger partial charge in [-0.25, -0.2) is 0 Å². The summed E-state index contributed by atoms with van der Waals surface area (Å²) in [4.78, 5) is 11.0. The molecule has 2 rings (SSSR count). The van der Waals surface area contributed by atoms with E-state index in [4.69, 9.17) is 16.3 Å². The van der Waals surface area contributed by atoms with E-state index in [1.807, 2.05) is 30.3 Å². The van der Waals surface area contributed by atoms with Gasteiger partial charge < -0.3 is 15.2 Å². The molecule has 0 aromatic heterocycles. The smallest absolute Gasteiger partial charge is 0.235 e. The Bertz CT molecular complexity index is 587. The summed E-state index contributed by atoms with van der Waals surface area (Å²) in [5.74, 6) is 0.312. The van der Waals surface area contributed by atoms with Gasteiger partial charge in [0.1, 0.15) is 18.2 Å². The summed E-state index contributed by atoms with van der Waals surface area (Å²) < 4.78 is 5.67. The van der Waals surface area contributed by atoms with Crippen molar-refractivity contribution in [1.29, 1.82) is 0 Å². The molecule has 2 N–H and O–H groups in total. The van der Waals surface area contributed by atoms with E-state index in [1.54, 1.807) is 24.3 Å². The molecule has 4 nitrogen and oxygen atoms in total. The number of aliphatic hydroxyl groups is 1. The van der Waals surface area contributed by atoms with Crippen LogP contribution >= 0.6 is 11.6 Å². The third-order valence-electron chi connectivity index (χ3n) is 3.13. The number of nitrogens with one attached hydrogen (secondary N) is 1. The molecule has 0 saturated heterocycles. The first-order valence-electron chi connectivity index (χ1n) is 6.96. The van der Waals surface area contributed by atoms with E-state index >= 15 is 0 Å². The van der Waals surface area contributed by atoms with Gasteiger partial charge in [-0.2, -0.15) is 0 Å². The van der Waals surface area contributed by atoms with Crippen LogP contribution in [0.5, 0.6) is 5.75 Å². The van der Waals surface area contributed by atoms with Gasteiger partial charge in [0.25, 0.3) is 0 Å². The summed E-state index contributed by atoms with van der Waals surface area (Å²) in [6.45, 7) is 0.629. The van der Waals surface area contributed by atoms with E-state index < -0.39 is 6.10 Å². The monoisotopic (exact) mass is 319 g/mol. The lowest BCUT2D eigenvalue weighted by Crippen LogP contribution is -2.29. The Morgan fingerprint density at radius 3 is 2.45 bits per heavy atom. The second kappa shape index (κ2) is 8.41. The highest BCUT2D eigenvalue weighted by atomic mass is 35.5. The van der Waals surface area contributed by atoms with Crippen molar-refractivity contribution in [2.45, 2.75) is 12.7 Å². The SMILES string of the molecule is O=C(CCl)NCC(O)c1ccc(OCc2ccccc2)cc1. The maximum Gasteiger partial charge on any atom is 0.235 e. The second-order valence-electron chi connectivity index (χ2n) is 4.80. The minimum atomic E-state index is -0.768. The van der Waals surface area contributed by atoms with Crippen molar-refractivity contribution in [3.05, 3.63) is 65.7 Å². The van der Waals surface area contributed by atoms with Gasteiger partial charge in [0.05, 0.1) is 6.10 Å². The highest BCUT2D eigenvalue weighted by Crippen LogP contribution is 2.18. The minimum absolute atomic E-state index is 0.112. The van der Waals surface area contributed by atoms with Crippen molar-refractivity contribution < 1.29 is 14.6 Å². The van der Waals surface area contributed by atoms with Gasteiger partial charge in [-0.1, -0.05) is 42.5 Å². The van der Waals surface area contributed by atoms with Crippen LogP contribution < -0.4 is 10.1 Å². The summed E-state index contributed by atoms with van der Waals surface area (Å²) >= 11 is 5.38. The fourth-order valence-electron chi connectivity index (χ4n) is 1.90. The number of benzene rings is 2. The highest BCUT2D eigenvalue weighted by molar-refractivity contribution is 6.27. The number of hydrogen-bond acceptors (Lipinski definition) is 3. The molecule has 0 heterocycles. The molecule has 0 aliphatic carbocycles. The Morgan fingerprint density at radius 1 is 1.14 bits per heavy atom. The molecule has 0 bridgehead atoms. The fraction of sp³-hybridized carbons (Fsp3) is 0.235. The van der Waals surface area contributed by atoms with Crippen LogP contribution in [-0.2, 0) is 11.4 Å². The predicted molar refractivity (Wildman–Crippen MR) is 85.9 cm³/mol. The average molecular weight is 320 g/mol. The van der Waals surface area contributed by atoms with Gasteiger partial charge in [-0.3, -0.25) is 4.79 Å². The quantitative estimate of drug-likeness (QED) is 0.771. The topological polar surface area (TPSA) is 58.6 Å². The van der Waals surface area contributed by atoms with Crippen LogP contribution in [0.25, 0.3) is 0 Å². The Balaban J connectivity index is 1.85. The maximum atomic E-state index is 11.0. The first kappa shape index (κ1) is 16.3. The molecule has 1 unspecified atom stereocenters. The van der Waals surface area contributed by atoms with E-state index in [1.165, 1.54) is 0 Å². The van der Waals surface area contributed by atoms with Crippen molar-refractivity contribution in [2.24, 2.45) is 0 Å². The van der Waals surface area contributed by atoms with Gasteiger partial charge in [0.2, 0.25) is 5.91 Å². The zero-order valence-electron chi connectivity index (χ0n) is 12.0. The predicted octanol–water partition coefficient (Wildman–Crippen LogP) is 2.65. The van der Waals surface area contributed by atoms with Gasteiger partial charge in [0.15, 0.2) is 0 Å². The molecule has 1 atom stereocenters. The molecule has 0 fully saturated rings. The molecule has 1 amide bonds. The summed E-state index contributed by atoms with van der Waals surface area (Å²) in [5.41, 5.74) is 1.80. The van der Waals surface area contributed by atoms with E-state index in [0.717, 1.165) is 11.3 Å². The standard InChI is InChI=1S/C17H18ClNO3/c18-10-17(21)19-11-16(20)14-6-8-15(9-7-14)22-12-13-4-2-1-3-5-13/h1-9,16,20H,10-12H2,(H,19,21). The molecule has 2 aromatic carbocycles. The molecule has 0 aliphatic heterocycles. The minimum Gasteiger partial charge on any atom is -0.489 e. The molecular weight excluding hydrogens is 302 g/mol. The molecule has 0 saturated carbocycles. The number of alkyl halides is 1. The number of hydrogen-bond donors (Lipinski definition) is 2. The van der Waals surface area contributed by atoms with Crippen molar-refractivity contribution in [3.63, 3.8) is 0 Å². The third-order valence-corrected chi connectivity index (χ3v) is 3.37. The Kier molecular flexibility index (Phi) is 6.25. The molecule has 116 valence electrons. The van der Waals surface area contributed by atoms with Crippen LogP contribution in [0.3, 0.4) is 0 Å². The van der Waals surface area contributed by atoms with Crippen LogP contribution in [0.2, 0.25) is 0 Å². The lowest BCUT2D eigenvalue weighted by molar-refractivity contribution is -0.119. The fourth-order valence-corrected chi connectivity index (χ4v) is 2.00. The second-order valence-corrected chi connectivity index (χ2v) is 5.06. The third kappa shape index (κ3) is 5.06. The highest BCUT2D eigenvalue weighted by Gasteiger charge is 2.09. The van der Waals surface area contributed by atoms with Crippen molar-refractivity contribution >= 4 is 17.5 Å². The number of carbonyl (C=O) groups excluding carboxylic acids is 1. The molecule has 2 aromatic rings. The Morgan fingerprint density at radius 2 is 1.82 bits per heavy atom. The number of carbonyl (C=O) groups is 1. The van der Waals surface area contributed by atoms with Gasteiger partial charge in [-0.15, -0.1) is 11.6 Å². The Hall–Kier alpha value is -2.04. The molecule has 22 heavy (non-hydrogen) atoms. The van der Waals surface area contributed by atoms with Gasteiger partial charge in [-0.05, 0) is 23.3 Å². The number of aliphatic hydroxyl groups excluding tert-OH is 1. The van der Waals surface area contributed by atoms with E-state index in [0.29, 0.717) is 12.2 Å². The lowest BCUT2D eigenvalue weighted by Gasteiger charge is -2.13. The van der Waals surface area contributed by atoms with Crippen LogP contribution in [-0.4, -0.2) is 23.4 Å². The number of amides is 1. The van der Waals surface area contributed by atoms with Crippen LogP contribution in [0.4, 0.5) is 0 Å². The zero-order valence-corrected chi connectivity index (χ0v) is 12.8. The number of ether oxygens (including phenoxy) is 1. The van der Waals surface area contributed by atoms with E-state index in [9.17, 15) is 9.90 Å². The van der Waals surface area contributed by atoms with Gasteiger partial charge >= 0.3 is 0 Å². The summed E-state index contributed by atoms with van der Waals surface area (Å²) in [6, 6.07) is 17.0. The first-order valence-corrected chi connectivity index (χ1v) is 7.50. The summed E-state index contributed by atoms with van der Waals surface area (Å²) in [5, 5.41) is 12.5. The molecule has 5 heteroatoms. The normalized spacial score (nSPS) is 11.7. The summed E-state index contributed by atoms with van der Waals surface area (Å²) in [7, 11) is 0. The molecule has 0 spiro atoms. The molecular formula is C17H18ClNO3. The van der Waals surface area contributed by atoms with E-state index in [-0.39, 0.29) is 18.3 Å². The van der Waals surface area contributed by atoms with Crippen molar-refractivity contribution in [1.82, 2.24) is 5.32 Å². The van der Waals surface area contributed by atoms with Gasteiger partial charge in [0, 0.05) is 6.54 Å². The first-order chi connectivity index (χ1) is 10.7. The number of rotatable bonds is 7. The Labute approximate surface area is 134 Å². The zero-order chi connectivity index (χ0) is 15.8. The average Bonchev–Trinajstić information content (AvgIpc) is 2.59. The molecule has 0 radical (unpaired) electrons. The van der Waals surface area contributed by atoms with Crippen LogP contribution in [0, 0.1) is 0 Å². The van der Waals surface area contributed by atoms with Crippen molar-refractivity contribution in [2.75, 3.05) is 12.4 Å². The van der Waals surface area contributed by atoms with Crippen LogP contribution in [0.15, 0.2) is 54.6 Å². The lowest BCUT2D eigenvalue weighted by atomic mass is 10.1. The maximum absolute atomic E-state index is 11.0. The van der Waals surface area contributed by atoms with Crippen molar-refractivity contribution in [3.8, 4) is 5.75 Å².